The third kappa shape index (κ3) is 4.29. The van der Waals surface area contributed by atoms with Gasteiger partial charge in [0.05, 0.1) is 10.7 Å². The van der Waals surface area contributed by atoms with Gasteiger partial charge in [0.15, 0.2) is 0 Å². The molecular weight excluding hydrogens is 295 g/mol. The summed E-state index contributed by atoms with van der Waals surface area (Å²) < 4.78 is 0. The molecule has 0 unspecified atom stereocenters. The Bertz CT molecular complexity index is 471. The molecule has 5 heteroatoms. The number of rotatable bonds is 4. The van der Waals surface area contributed by atoms with Crippen molar-refractivity contribution < 1.29 is 4.79 Å². The predicted molar refractivity (Wildman–Crippen MR) is 84.5 cm³/mol. The standard InChI is InChI=1S/C15H20Cl2N2O/c1-11-5-8-19(9-6-11)15(20)4-7-18-14-3-2-12(16)10-13(14)17/h2-3,10-11,18H,4-9H2,1H3. The molecule has 0 bridgehead atoms. The Morgan fingerprint density at radius 1 is 1.35 bits per heavy atom. The second-order valence-corrected chi connectivity index (χ2v) is 6.21. The van der Waals surface area contributed by atoms with E-state index in [0.717, 1.165) is 37.5 Å². The number of nitrogens with zero attached hydrogens (tertiary/aromatic N) is 1. The average Bonchev–Trinajstić information content (AvgIpc) is 2.42. The smallest absolute Gasteiger partial charge is 0.224 e. The molecule has 3 nitrogen and oxygen atoms in total. The highest BCUT2D eigenvalue weighted by atomic mass is 35.5. The number of nitrogens with one attached hydrogen (secondary N) is 1. The first-order chi connectivity index (χ1) is 9.56. The Kier molecular flexibility index (Phi) is 5.55. The Morgan fingerprint density at radius 2 is 2.05 bits per heavy atom. The summed E-state index contributed by atoms with van der Waals surface area (Å²) in [5.74, 6) is 0.958. The Labute approximate surface area is 130 Å². The number of hydrogen-bond donors (Lipinski definition) is 1. The van der Waals surface area contributed by atoms with Crippen molar-refractivity contribution in [1.82, 2.24) is 4.90 Å². The van der Waals surface area contributed by atoms with Crippen LogP contribution < -0.4 is 5.32 Å². The van der Waals surface area contributed by atoms with Crippen LogP contribution in [-0.4, -0.2) is 30.4 Å². The molecule has 1 heterocycles. The molecule has 1 aromatic carbocycles. The first-order valence-electron chi connectivity index (χ1n) is 7.03. The molecule has 0 aromatic heterocycles. The molecular formula is C15H20Cl2N2O. The topological polar surface area (TPSA) is 32.3 Å². The number of piperidine rings is 1. The average molecular weight is 315 g/mol. The molecule has 20 heavy (non-hydrogen) atoms. The van der Waals surface area contributed by atoms with Crippen LogP contribution in [-0.2, 0) is 4.79 Å². The van der Waals surface area contributed by atoms with Gasteiger partial charge in [-0.05, 0) is 37.0 Å². The second kappa shape index (κ2) is 7.19. The van der Waals surface area contributed by atoms with Crippen LogP contribution in [0.15, 0.2) is 18.2 Å². The highest BCUT2D eigenvalue weighted by Gasteiger charge is 2.19. The van der Waals surface area contributed by atoms with E-state index in [-0.39, 0.29) is 5.91 Å². The fourth-order valence-corrected chi connectivity index (χ4v) is 2.83. The quantitative estimate of drug-likeness (QED) is 0.909. The van der Waals surface area contributed by atoms with Crippen molar-refractivity contribution in [3.8, 4) is 0 Å². The molecule has 1 aliphatic heterocycles. The van der Waals surface area contributed by atoms with E-state index in [4.69, 9.17) is 23.2 Å². The van der Waals surface area contributed by atoms with Crippen LogP contribution in [0, 0.1) is 5.92 Å². The van der Waals surface area contributed by atoms with E-state index in [1.807, 2.05) is 11.0 Å². The van der Waals surface area contributed by atoms with Crippen molar-refractivity contribution in [3.63, 3.8) is 0 Å². The zero-order valence-electron chi connectivity index (χ0n) is 11.7. The number of anilines is 1. The highest BCUT2D eigenvalue weighted by Crippen LogP contribution is 2.25. The van der Waals surface area contributed by atoms with Crippen LogP contribution in [0.2, 0.25) is 10.0 Å². The molecule has 1 N–H and O–H groups in total. The first-order valence-corrected chi connectivity index (χ1v) is 7.78. The maximum Gasteiger partial charge on any atom is 0.224 e. The Balaban J connectivity index is 1.76. The lowest BCUT2D eigenvalue weighted by molar-refractivity contribution is -0.132. The van der Waals surface area contributed by atoms with Crippen molar-refractivity contribution in [2.24, 2.45) is 5.92 Å². The number of likely N-dealkylation sites (tertiary alicyclic amines) is 1. The molecule has 2 rings (SSSR count). The summed E-state index contributed by atoms with van der Waals surface area (Å²) in [6, 6.07) is 5.31. The van der Waals surface area contributed by atoms with E-state index >= 15 is 0 Å². The molecule has 1 amide bonds. The van der Waals surface area contributed by atoms with Crippen molar-refractivity contribution in [2.75, 3.05) is 25.0 Å². The third-order valence-corrected chi connectivity index (χ3v) is 4.27. The van der Waals surface area contributed by atoms with Crippen LogP contribution in [0.3, 0.4) is 0 Å². The zero-order chi connectivity index (χ0) is 14.5. The van der Waals surface area contributed by atoms with Crippen molar-refractivity contribution >= 4 is 34.8 Å². The van der Waals surface area contributed by atoms with E-state index in [1.165, 1.54) is 0 Å². The van der Waals surface area contributed by atoms with Crippen molar-refractivity contribution in [1.29, 1.82) is 0 Å². The minimum absolute atomic E-state index is 0.217. The molecule has 0 spiro atoms. The summed E-state index contributed by atoms with van der Waals surface area (Å²) in [5, 5.41) is 4.37. The third-order valence-electron chi connectivity index (χ3n) is 3.72. The molecule has 0 radical (unpaired) electrons. The van der Waals surface area contributed by atoms with Gasteiger partial charge in [0.1, 0.15) is 0 Å². The van der Waals surface area contributed by atoms with Crippen LogP contribution in [0.25, 0.3) is 0 Å². The summed E-state index contributed by atoms with van der Waals surface area (Å²) in [5.41, 5.74) is 0.816. The Hall–Kier alpha value is -0.930. The van der Waals surface area contributed by atoms with Gasteiger partial charge in [0.25, 0.3) is 0 Å². The minimum Gasteiger partial charge on any atom is -0.383 e. The van der Waals surface area contributed by atoms with E-state index < -0.39 is 0 Å². The van der Waals surface area contributed by atoms with Gasteiger partial charge in [-0.15, -0.1) is 0 Å². The lowest BCUT2D eigenvalue weighted by Gasteiger charge is -2.30. The zero-order valence-corrected chi connectivity index (χ0v) is 13.2. The number of carbonyl (C=O) groups is 1. The summed E-state index contributed by atoms with van der Waals surface area (Å²) in [6.07, 6.45) is 2.72. The normalized spacial score (nSPS) is 16.2. The van der Waals surface area contributed by atoms with Gasteiger partial charge >= 0.3 is 0 Å². The predicted octanol–water partition coefficient (Wildman–Crippen LogP) is 4.05. The van der Waals surface area contributed by atoms with Crippen molar-refractivity contribution in [3.05, 3.63) is 28.2 Å². The molecule has 1 aromatic rings. The molecule has 1 saturated heterocycles. The van der Waals surface area contributed by atoms with Gasteiger partial charge < -0.3 is 10.2 Å². The van der Waals surface area contributed by atoms with Gasteiger partial charge in [0, 0.05) is 31.1 Å². The Morgan fingerprint density at radius 3 is 2.70 bits per heavy atom. The first kappa shape index (κ1) is 15.5. The minimum atomic E-state index is 0.217. The molecule has 0 atom stereocenters. The van der Waals surface area contributed by atoms with Crippen LogP contribution in [0.1, 0.15) is 26.2 Å². The maximum absolute atomic E-state index is 12.1. The highest BCUT2D eigenvalue weighted by molar-refractivity contribution is 6.36. The van der Waals surface area contributed by atoms with Crippen LogP contribution >= 0.6 is 23.2 Å². The molecule has 0 saturated carbocycles. The van der Waals surface area contributed by atoms with E-state index in [9.17, 15) is 4.79 Å². The van der Waals surface area contributed by atoms with Gasteiger partial charge in [-0.1, -0.05) is 30.1 Å². The maximum atomic E-state index is 12.1. The number of benzene rings is 1. The SMILES string of the molecule is CC1CCN(C(=O)CCNc2ccc(Cl)cc2Cl)CC1. The second-order valence-electron chi connectivity index (χ2n) is 5.36. The largest absolute Gasteiger partial charge is 0.383 e. The fourth-order valence-electron chi connectivity index (χ4n) is 2.35. The van der Waals surface area contributed by atoms with E-state index in [0.29, 0.717) is 23.0 Å². The molecule has 110 valence electrons. The fraction of sp³-hybridized carbons (Fsp3) is 0.533. The number of halogens is 2. The van der Waals surface area contributed by atoms with E-state index in [2.05, 4.69) is 12.2 Å². The number of hydrogen-bond acceptors (Lipinski definition) is 2. The van der Waals surface area contributed by atoms with Gasteiger partial charge in [-0.3, -0.25) is 4.79 Å². The summed E-state index contributed by atoms with van der Waals surface area (Å²) >= 11 is 11.9. The summed E-state index contributed by atoms with van der Waals surface area (Å²) in [7, 11) is 0. The number of amides is 1. The monoisotopic (exact) mass is 314 g/mol. The molecule has 1 aliphatic rings. The lowest BCUT2D eigenvalue weighted by atomic mass is 9.99. The summed E-state index contributed by atoms with van der Waals surface area (Å²) in [4.78, 5) is 14.0. The number of carbonyl (C=O) groups excluding carboxylic acids is 1. The van der Waals surface area contributed by atoms with Gasteiger partial charge in [-0.25, -0.2) is 0 Å². The van der Waals surface area contributed by atoms with Crippen LogP contribution in [0.4, 0.5) is 5.69 Å². The van der Waals surface area contributed by atoms with Gasteiger partial charge in [0.2, 0.25) is 5.91 Å². The van der Waals surface area contributed by atoms with Gasteiger partial charge in [-0.2, -0.15) is 0 Å². The molecule has 1 fully saturated rings. The van der Waals surface area contributed by atoms with Crippen molar-refractivity contribution in [2.45, 2.75) is 26.2 Å². The van der Waals surface area contributed by atoms with Crippen LogP contribution in [0.5, 0.6) is 0 Å². The van der Waals surface area contributed by atoms with E-state index in [1.54, 1.807) is 12.1 Å². The lowest BCUT2D eigenvalue weighted by Crippen LogP contribution is -2.38. The summed E-state index contributed by atoms with van der Waals surface area (Å²) in [6.45, 7) is 4.61. The molecule has 0 aliphatic carbocycles.